The summed E-state index contributed by atoms with van der Waals surface area (Å²) in [4.78, 5) is 28.7. The first-order valence-electron chi connectivity index (χ1n) is 10.1. The number of benzene rings is 2. The van der Waals surface area contributed by atoms with E-state index < -0.39 is 0 Å². The normalized spacial score (nSPS) is 14.4. The minimum Gasteiger partial charge on any atom is -0.494 e. The van der Waals surface area contributed by atoms with Gasteiger partial charge >= 0.3 is 0 Å². The predicted octanol–water partition coefficient (Wildman–Crippen LogP) is 3.29. The van der Waals surface area contributed by atoms with Gasteiger partial charge in [0.1, 0.15) is 11.6 Å². The van der Waals surface area contributed by atoms with Crippen LogP contribution in [0.4, 0.5) is 4.39 Å². The molecule has 2 amide bonds. The third-order valence-corrected chi connectivity index (χ3v) is 5.02. The first-order chi connectivity index (χ1) is 14.1. The molecule has 0 unspecified atom stereocenters. The van der Waals surface area contributed by atoms with E-state index in [0.717, 1.165) is 17.7 Å². The van der Waals surface area contributed by atoms with Crippen LogP contribution in [-0.4, -0.2) is 54.4 Å². The summed E-state index contributed by atoms with van der Waals surface area (Å²) in [7, 11) is 0. The maximum Gasteiger partial charge on any atom is 0.227 e. The van der Waals surface area contributed by atoms with Gasteiger partial charge in [-0.3, -0.25) is 9.59 Å². The Morgan fingerprint density at radius 3 is 2.21 bits per heavy atom. The largest absolute Gasteiger partial charge is 0.494 e. The van der Waals surface area contributed by atoms with Gasteiger partial charge in [-0.2, -0.15) is 0 Å². The Morgan fingerprint density at radius 2 is 1.52 bits per heavy atom. The molecular formula is C23H27FN2O3. The van der Waals surface area contributed by atoms with Crippen LogP contribution in [-0.2, 0) is 16.0 Å². The maximum absolute atomic E-state index is 13.0. The summed E-state index contributed by atoms with van der Waals surface area (Å²) < 4.78 is 18.6. The quantitative estimate of drug-likeness (QED) is 0.673. The van der Waals surface area contributed by atoms with Crippen molar-refractivity contribution in [1.82, 2.24) is 9.80 Å². The summed E-state index contributed by atoms with van der Waals surface area (Å²) >= 11 is 0. The Hall–Kier alpha value is -2.89. The van der Waals surface area contributed by atoms with Crippen LogP contribution in [0.25, 0.3) is 0 Å². The Balaban J connectivity index is 1.39. The first-order valence-corrected chi connectivity index (χ1v) is 10.1. The number of amides is 2. The van der Waals surface area contributed by atoms with E-state index in [1.165, 1.54) is 12.1 Å². The van der Waals surface area contributed by atoms with Crippen molar-refractivity contribution in [2.75, 3.05) is 32.8 Å². The van der Waals surface area contributed by atoms with E-state index in [9.17, 15) is 14.0 Å². The van der Waals surface area contributed by atoms with Crippen molar-refractivity contribution in [2.24, 2.45) is 0 Å². The van der Waals surface area contributed by atoms with Crippen molar-refractivity contribution in [1.29, 1.82) is 0 Å². The third kappa shape index (κ3) is 6.59. The summed E-state index contributed by atoms with van der Waals surface area (Å²) in [6, 6.07) is 15.6. The summed E-state index contributed by atoms with van der Waals surface area (Å²) in [5.74, 6) is 0.626. The van der Waals surface area contributed by atoms with Gasteiger partial charge in [-0.25, -0.2) is 4.39 Å². The van der Waals surface area contributed by atoms with Crippen molar-refractivity contribution in [2.45, 2.75) is 25.7 Å². The molecule has 0 bridgehead atoms. The second-order valence-electron chi connectivity index (χ2n) is 7.18. The molecule has 1 heterocycles. The highest BCUT2D eigenvalue weighted by Gasteiger charge is 2.21. The van der Waals surface area contributed by atoms with Gasteiger partial charge in [0.25, 0.3) is 0 Å². The molecule has 0 saturated carbocycles. The van der Waals surface area contributed by atoms with Crippen LogP contribution in [0.15, 0.2) is 54.6 Å². The SMILES string of the molecule is O=C(CCCOc1ccccc1)N1CCCN(C(=O)Cc2ccc(F)cc2)CC1. The van der Waals surface area contributed by atoms with Crippen molar-refractivity contribution in [3.05, 3.63) is 66.0 Å². The number of para-hydroxylation sites is 1. The van der Waals surface area contributed by atoms with E-state index in [1.807, 2.05) is 35.2 Å². The minimum absolute atomic E-state index is 0.0159. The van der Waals surface area contributed by atoms with E-state index in [0.29, 0.717) is 45.6 Å². The number of nitrogens with zero attached hydrogens (tertiary/aromatic N) is 2. The summed E-state index contributed by atoms with van der Waals surface area (Å²) in [6.45, 7) is 2.89. The monoisotopic (exact) mass is 398 g/mol. The lowest BCUT2D eigenvalue weighted by Crippen LogP contribution is -2.38. The van der Waals surface area contributed by atoms with Gasteiger partial charge in [0.05, 0.1) is 13.0 Å². The van der Waals surface area contributed by atoms with Crippen LogP contribution < -0.4 is 4.74 Å². The molecule has 0 aromatic heterocycles. The average Bonchev–Trinajstić information content (AvgIpc) is 3.00. The highest BCUT2D eigenvalue weighted by Crippen LogP contribution is 2.12. The molecule has 5 nitrogen and oxygen atoms in total. The molecule has 29 heavy (non-hydrogen) atoms. The van der Waals surface area contributed by atoms with Crippen molar-refractivity contribution >= 4 is 11.8 Å². The van der Waals surface area contributed by atoms with Gasteiger partial charge in [-0.15, -0.1) is 0 Å². The van der Waals surface area contributed by atoms with Gasteiger partial charge in [0, 0.05) is 32.6 Å². The Bertz CT molecular complexity index is 796. The fourth-order valence-electron chi connectivity index (χ4n) is 3.39. The average molecular weight is 398 g/mol. The van der Waals surface area contributed by atoms with Crippen LogP contribution in [0.2, 0.25) is 0 Å². The molecule has 0 atom stereocenters. The Labute approximate surface area is 171 Å². The summed E-state index contributed by atoms with van der Waals surface area (Å²) in [5.41, 5.74) is 0.798. The maximum atomic E-state index is 13.0. The van der Waals surface area contributed by atoms with Gasteiger partial charge < -0.3 is 14.5 Å². The van der Waals surface area contributed by atoms with E-state index in [4.69, 9.17) is 4.74 Å². The number of hydrogen-bond acceptors (Lipinski definition) is 3. The van der Waals surface area contributed by atoms with E-state index >= 15 is 0 Å². The third-order valence-electron chi connectivity index (χ3n) is 5.02. The molecule has 0 N–H and O–H groups in total. The molecule has 1 aliphatic rings. The molecule has 0 aliphatic carbocycles. The molecule has 1 aliphatic heterocycles. The van der Waals surface area contributed by atoms with E-state index in [1.54, 1.807) is 17.0 Å². The standard InChI is InChI=1S/C23H27FN2O3/c24-20-11-9-19(10-12-20)18-23(28)26-14-5-13-25(15-16-26)22(27)8-4-17-29-21-6-2-1-3-7-21/h1-3,6-7,9-12H,4-5,8,13-18H2. The highest BCUT2D eigenvalue weighted by molar-refractivity contribution is 5.79. The van der Waals surface area contributed by atoms with Crippen LogP contribution in [0.5, 0.6) is 5.75 Å². The smallest absolute Gasteiger partial charge is 0.227 e. The zero-order chi connectivity index (χ0) is 20.5. The summed E-state index contributed by atoms with van der Waals surface area (Å²) in [6.07, 6.45) is 2.13. The van der Waals surface area contributed by atoms with Crippen molar-refractivity contribution < 1.29 is 18.7 Å². The Morgan fingerprint density at radius 1 is 0.862 bits per heavy atom. The topological polar surface area (TPSA) is 49.9 Å². The molecule has 3 rings (SSSR count). The lowest BCUT2D eigenvalue weighted by molar-refractivity contribution is -0.133. The predicted molar refractivity (Wildman–Crippen MR) is 109 cm³/mol. The second-order valence-corrected chi connectivity index (χ2v) is 7.18. The molecule has 2 aromatic carbocycles. The summed E-state index contributed by atoms with van der Waals surface area (Å²) in [5, 5.41) is 0. The number of ether oxygens (including phenoxy) is 1. The van der Waals surface area contributed by atoms with E-state index in [2.05, 4.69) is 0 Å². The molecule has 2 aromatic rings. The van der Waals surface area contributed by atoms with Crippen LogP contribution in [0, 0.1) is 5.82 Å². The lowest BCUT2D eigenvalue weighted by Gasteiger charge is -2.22. The van der Waals surface area contributed by atoms with Crippen molar-refractivity contribution in [3.63, 3.8) is 0 Å². The fraction of sp³-hybridized carbons (Fsp3) is 0.391. The van der Waals surface area contributed by atoms with Crippen LogP contribution >= 0.6 is 0 Å². The van der Waals surface area contributed by atoms with Gasteiger partial charge in [-0.1, -0.05) is 30.3 Å². The molecule has 6 heteroatoms. The van der Waals surface area contributed by atoms with Crippen LogP contribution in [0.3, 0.4) is 0 Å². The molecule has 0 radical (unpaired) electrons. The molecule has 1 fully saturated rings. The Kier molecular flexibility index (Phi) is 7.61. The molecular weight excluding hydrogens is 371 g/mol. The number of rotatable bonds is 7. The fourth-order valence-corrected chi connectivity index (χ4v) is 3.39. The van der Waals surface area contributed by atoms with Crippen molar-refractivity contribution in [3.8, 4) is 5.75 Å². The molecule has 154 valence electrons. The minimum atomic E-state index is -0.306. The molecule has 0 spiro atoms. The second kappa shape index (κ2) is 10.6. The number of carbonyl (C=O) groups is 2. The zero-order valence-electron chi connectivity index (χ0n) is 16.6. The lowest BCUT2D eigenvalue weighted by atomic mass is 10.1. The number of halogens is 1. The van der Waals surface area contributed by atoms with Gasteiger partial charge in [-0.05, 0) is 42.7 Å². The number of hydrogen-bond donors (Lipinski definition) is 0. The van der Waals surface area contributed by atoms with Gasteiger partial charge in [0.15, 0.2) is 0 Å². The highest BCUT2D eigenvalue weighted by atomic mass is 19.1. The zero-order valence-corrected chi connectivity index (χ0v) is 16.6. The van der Waals surface area contributed by atoms with Gasteiger partial charge in [0.2, 0.25) is 11.8 Å². The van der Waals surface area contributed by atoms with E-state index in [-0.39, 0.29) is 24.1 Å². The molecule has 1 saturated heterocycles. The van der Waals surface area contributed by atoms with Crippen LogP contribution in [0.1, 0.15) is 24.8 Å². The number of carbonyl (C=O) groups excluding carboxylic acids is 2. The first kappa shape index (κ1) is 20.8.